The molecule has 98 valence electrons. The number of likely N-dealkylation sites (N-methyl/N-ethyl adjacent to an activating group) is 1. The minimum Gasteiger partial charge on any atom is -0.389 e. The monoisotopic (exact) mass is 332 g/mol. The summed E-state index contributed by atoms with van der Waals surface area (Å²) in [6.45, 7) is 1.35. The highest BCUT2D eigenvalue weighted by Crippen LogP contribution is 2.31. The summed E-state index contributed by atoms with van der Waals surface area (Å²) in [4.78, 5) is 2.08. The Morgan fingerprint density at radius 2 is 2.33 bits per heavy atom. The first-order chi connectivity index (χ1) is 8.52. The van der Waals surface area contributed by atoms with Crippen LogP contribution < -0.4 is 10.6 Å². The number of hydrogen-bond acceptors (Lipinski definition) is 3. The lowest BCUT2D eigenvalue weighted by atomic mass is 10.1. The largest absolute Gasteiger partial charge is 0.389 e. The second kappa shape index (κ2) is 5.50. The fourth-order valence-corrected chi connectivity index (χ4v) is 2.88. The molecular weight excluding hydrogens is 319 g/mol. The molecule has 3 nitrogen and oxygen atoms in total. The number of hydrogen-bond donors (Lipinski definition) is 1. The predicted molar refractivity (Wildman–Crippen MR) is 77.6 cm³/mol. The third kappa shape index (κ3) is 2.50. The second-order valence-corrected chi connectivity index (χ2v) is 5.49. The minimum atomic E-state index is -0.338. The van der Waals surface area contributed by atoms with Gasteiger partial charge in [-0.1, -0.05) is 12.2 Å². The van der Waals surface area contributed by atoms with Gasteiger partial charge in [0.05, 0.1) is 22.8 Å². The van der Waals surface area contributed by atoms with Crippen LogP contribution in [0.2, 0.25) is 0 Å². The van der Waals surface area contributed by atoms with Gasteiger partial charge in [0.2, 0.25) is 0 Å². The van der Waals surface area contributed by atoms with Crippen LogP contribution in [0.5, 0.6) is 0 Å². The summed E-state index contributed by atoms with van der Waals surface area (Å²) in [7, 11) is 1.87. The highest BCUT2D eigenvalue weighted by atomic mass is 79.9. The van der Waals surface area contributed by atoms with E-state index < -0.39 is 0 Å². The van der Waals surface area contributed by atoms with E-state index >= 15 is 0 Å². The van der Waals surface area contributed by atoms with Gasteiger partial charge < -0.3 is 15.4 Å². The molecule has 0 amide bonds. The van der Waals surface area contributed by atoms with Crippen LogP contribution in [0.15, 0.2) is 16.6 Å². The molecule has 0 aliphatic carbocycles. The van der Waals surface area contributed by atoms with Gasteiger partial charge in [-0.3, -0.25) is 0 Å². The van der Waals surface area contributed by atoms with Crippen molar-refractivity contribution in [3.63, 3.8) is 0 Å². The van der Waals surface area contributed by atoms with Crippen LogP contribution in [0, 0.1) is 5.82 Å². The zero-order valence-electron chi connectivity index (χ0n) is 9.95. The fraction of sp³-hybridized carbons (Fsp3) is 0.417. The Balaban J connectivity index is 2.34. The molecule has 0 spiro atoms. The molecular formula is C12H14BrFN2OS. The Hall–Kier alpha value is -0.720. The lowest BCUT2D eigenvalue weighted by Crippen LogP contribution is -2.32. The molecule has 1 aromatic carbocycles. The molecule has 0 aromatic heterocycles. The van der Waals surface area contributed by atoms with E-state index in [9.17, 15) is 4.39 Å². The zero-order valence-corrected chi connectivity index (χ0v) is 12.4. The molecule has 2 N–H and O–H groups in total. The second-order valence-electron chi connectivity index (χ2n) is 4.25. The molecule has 1 aromatic rings. The molecule has 0 radical (unpaired) electrons. The summed E-state index contributed by atoms with van der Waals surface area (Å²) in [5, 5.41) is 0. The molecule has 1 aliphatic rings. The number of halogens is 2. The topological polar surface area (TPSA) is 38.5 Å². The molecule has 1 fully saturated rings. The predicted octanol–water partition coefficient (Wildman–Crippen LogP) is 2.45. The number of ether oxygens (including phenoxy) is 1. The van der Waals surface area contributed by atoms with Crippen LogP contribution >= 0.6 is 28.1 Å². The van der Waals surface area contributed by atoms with Crippen LogP contribution in [-0.2, 0) is 4.74 Å². The van der Waals surface area contributed by atoms with E-state index in [-0.39, 0.29) is 16.8 Å². The third-order valence-electron chi connectivity index (χ3n) is 3.16. The van der Waals surface area contributed by atoms with E-state index in [1.807, 2.05) is 11.9 Å². The molecule has 1 unspecified atom stereocenters. The molecule has 1 heterocycles. The highest BCUT2D eigenvalue weighted by molar-refractivity contribution is 9.10. The van der Waals surface area contributed by atoms with E-state index in [4.69, 9.17) is 22.7 Å². The van der Waals surface area contributed by atoms with Crippen molar-refractivity contribution in [2.24, 2.45) is 5.73 Å². The molecule has 1 aliphatic heterocycles. The summed E-state index contributed by atoms with van der Waals surface area (Å²) in [6.07, 6.45) is 0.907. The van der Waals surface area contributed by atoms with Gasteiger partial charge in [0.15, 0.2) is 5.82 Å². The lowest BCUT2D eigenvalue weighted by Gasteiger charge is -2.26. The van der Waals surface area contributed by atoms with Crippen molar-refractivity contribution >= 4 is 38.8 Å². The quantitative estimate of drug-likeness (QED) is 0.863. The van der Waals surface area contributed by atoms with E-state index in [1.54, 1.807) is 12.1 Å². The highest BCUT2D eigenvalue weighted by Gasteiger charge is 2.24. The Morgan fingerprint density at radius 1 is 1.61 bits per heavy atom. The van der Waals surface area contributed by atoms with Gasteiger partial charge in [-0.25, -0.2) is 4.39 Å². The SMILES string of the molecule is CN(c1ccc(C(N)=S)c(Br)c1F)C1CCOC1. The summed E-state index contributed by atoms with van der Waals surface area (Å²) < 4.78 is 19.9. The maximum atomic E-state index is 14.3. The minimum absolute atomic E-state index is 0.180. The van der Waals surface area contributed by atoms with Crippen molar-refractivity contribution in [3.05, 3.63) is 28.0 Å². The average molecular weight is 333 g/mol. The van der Waals surface area contributed by atoms with Gasteiger partial charge in [-0.2, -0.15) is 0 Å². The van der Waals surface area contributed by atoms with Crippen LogP contribution in [0.4, 0.5) is 10.1 Å². The van der Waals surface area contributed by atoms with E-state index in [2.05, 4.69) is 15.9 Å². The Bertz CT molecular complexity index is 477. The number of nitrogens with zero attached hydrogens (tertiary/aromatic N) is 1. The summed E-state index contributed by atoms with van der Waals surface area (Å²) in [6, 6.07) is 3.64. The normalized spacial score (nSPS) is 18.9. The van der Waals surface area contributed by atoms with Crippen molar-refractivity contribution in [2.75, 3.05) is 25.2 Å². The lowest BCUT2D eigenvalue weighted by molar-refractivity contribution is 0.193. The molecule has 2 rings (SSSR count). The fourth-order valence-electron chi connectivity index (χ4n) is 2.03. The van der Waals surface area contributed by atoms with Gasteiger partial charge >= 0.3 is 0 Å². The van der Waals surface area contributed by atoms with Crippen molar-refractivity contribution in [1.82, 2.24) is 0 Å². The Kier molecular flexibility index (Phi) is 4.19. The maximum absolute atomic E-state index is 14.3. The van der Waals surface area contributed by atoms with Gasteiger partial charge in [0.1, 0.15) is 4.99 Å². The first-order valence-electron chi connectivity index (χ1n) is 5.60. The maximum Gasteiger partial charge on any atom is 0.161 e. The number of thiocarbonyl (C=S) groups is 1. The van der Waals surface area contributed by atoms with Crippen molar-refractivity contribution < 1.29 is 9.13 Å². The van der Waals surface area contributed by atoms with Crippen molar-refractivity contribution in [2.45, 2.75) is 12.5 Å². The number of anilines is 1. The molecule has 1 atom stereocenters. The average Bonchev–Trinajstić information content (AvgIpc) is 2.85. The van der Waals surface area contributed by atoms with E-state index in [0.717, 1.165) is 13.0 Å². The number of nitrogens with two attached hydrogens (primary N) is 1. The van der Waals surface area contributed by atoms with Crippen molar-refractivity contribution in [1.29, 1.82) is 0 Å². The first kappa shape index (κ1) is 13.7. The van der Waals surface area contributed by atoms with E-state index in [1.165, 1.54) is 0 Å². The summed E-state index contributed by atoms with van der Waals surface area (Å²) in [5.74, 6) is -0.338. The molecule has 18 heavy (non-hydrogen) atoms. The molecule has 6 heteroatoms. The third-order valence-corrected chi connectivity index (χ3v) is 4.16. The van der Waals surface area contributed by atoms with Gasteiger partial charge in [0, 0.05) is 19.2 Å². The van der Waals surface area contributed by atoms with Crippen LogP contribution in [0.3, 0.4) is 0 Å². The summed E-state index contributed by atoms with van der Waals surface area (Å²) >= 11 is 8.08. The van der Waals surface area contributed by atoms with Gasteiger partial charge in [0.25, 0.3) is 0 Å². The van der Waals surface area contributed by atoms with Crippen LogP contribution in [0.1, 0.15) is 12.0 Å². The smallest absolute Gasteiger partial charge is 0.161 e. The molecule has 0 bridgehead atoms. The number of rotatable bonds is 3. The van der Waals surface area contributed by atoms with Gasteiger partial charge in [-0.15, -0.1) is 0 Å². The molecule has 1 saturated heterocycles. The van der Waals surface area contributed by atoms with Crippen LogP contribution in [0.25, 0.3) is 0 Å². The van der Waals surface area contributed by atoms with Gasteiger partial charge in [-0.05, 0) is 34.5 Å². The standard InChI is InChI=1S/C12H14BrFN2OS/c1-16(7-4-5-17-6-7)9-3-2-8(12(15)18)10(13)11(9)14/h2-3,7H,4-6H2,1H3,(H2,15,18). The summed E-state index contributed by atoms with van der Waals surface area (Å²) in [5.41, 5.74) is 6.57. The molecule has 0 saturated carbocycles. The first-order valence-corrected chi connectivity index (χ1v) is 6.81. The van der Waals surface area contributed by atoms with Crippen molar-refractivity contribution in [3.8, 4) is 0 Å². The zero-order chi connectivity index (χ0) is 13.3. The Morgan fingerprint density at radius 3 is 2.89 bits per heavy atom. The Labute approximate surface area is 119 Å². The van der Waals surface area contributed by atoms with E-state index in [0.29, 0.717) is 22.3 Å². The van der Waals surface area contributed by atoms with Crippen LogP contribution in [-0.4, -0.2) is 31.3 Å². The number of benzene rings is 1.